The highest BCUT2D eigenvalue weighted by Crippen LogP contribution is 2.26. The molecule has 1 aromatic rings. The number of hydrogen-bond acceptors (Lipinski definition) is 5. The molecule has 26 heavy (non-hydrogen) atoms. The van der Waals surface area contributed by atoms with E-state index in [0.29, 0.717) is 31.6 Å². The fraction of sp³-hybridized carbons (Fsp3) is 0.500. The van der Waals surface area contributed by atoms with Gasteiger partial charge in [-0.3, -0.25) is 9.59 Å². The Morgan fingerprint density at radius 1 is 1.31 bits per heavy atom. The van der Waals surface area contributed by atoms with Crippen molar-refractivity contribution in [3.8, 4) is 5.75 Å². The summed E-state index contributed by atoms with van der Waals surface area (Å²) in [6, 6.07) is 4.52. The molecule has 1 heterocycles. The molecule has 0 saturated heterocycles. The summed E-state index contributed by atoms with van der Waals surface area (Å²) >= 11 is 0. The van der Waals surface area contributed by atoms with Gasteiger partial charge in [-0.15, -0.1) is 0 Å². The minimum absolute atomic E-state index is 0.0161. The molecule has 0 fully saturated rings. The number of carbonyl (C=O) groups is 3. The van der Waals surface area contributed by atoms with Gasteiger partial charge in [0.25, 0.3) is 0 Å². The first-order valence-corrected chi connectivity index (χ1v) is 8.56. The molecule has 0 bridgehead atoms. The molecule has 8 heteroatoms. The van der Waals surface area contributed by atoms with E-state index in [0.717, 1.165) is 11.3 Å². The molecule has 0 radical (unpaired) electrons. The van der Waals surface area contributed by atoms with Crippen molar-refractivity contribution in [1.29, 1.82) is 0 Å². The molecule has 0 spiro atoms. The number of amides is 2. The largest absolute Gasteiger partial charge is 0.494 e. The van der Waals surface area contributed by atoms with Crippen LogP contribution in [0.1, 0.15) is 31.2 Å². The van der Waals surface area contributed by atoms with Gasteiger partial charge in [-0.1, -0.05) is 0 Å². The molecule has 1 unspecified atom stereocenters. The van der Waals surface area contributed by atoms with Crippen LogP contribution in [-0.4, -0.2) is 49.3 Å². The lowest BCUT2D eigenvalue weighted by Gasteiger charge is -2.17. The van der Waals surface area contributed by atoms with Crippen molar-refractivity contribution in [3.63, 3.8) is 0 Å². The minimum atomic E-state index is -1.08. The molecule has 2 rings (SSSR count). The summed E-state index contributed by atoms with van der Waals surface area (Å²) in [7, 11) is 1.48. The van der Waals surface area contributed by atoms with E-state index < -0.39 is 12.0 Å². The SMILES string of the molecule is COCCC(NC(=O)CCCOc1ccc2c(c1)CCC(=O)N2)C(=O)O. The third kappa shape index (κ3) is 6.03. The number of carbonyl (C=O) groups excluding carboxylic acids is 2. The molecule has 0 saturated carbocycles. The quantitative estimate of drug-likeness (QED) is 0.540. The van der Waals surface area contributed by atoms with Crippen LogP contribution < -0.4 is 15.4 Å². The van der Waals surface area contributed by atoms with Crippen molar-refractivity contribution < 1.29 is 29.0 Å². The summed E-state index contributed by atoms with van der Waals surface area (Å²) in [5.74, 6) is -0.704. The Bertz CT molecular complexity index is 661. The van der Waals surface area contributed by atoms with Crippen molar-refractivity contribution in [2.24, 2.45) is 0 Å². The van der Waals surface area contributed by atoms with Crippen LogP contribution in [0, 0.1) is 0 Å². The number of rotatable bonds is 10. The number of nitrogens with one attached hydrogen (secondary N) is 2. The van der Waals surface area contributed by atoms with E-state index in [-0.39, 0.29) is 31.3 Å². The maximum absolute atomic E-state index is 11.8. The van der Waals surface area contributed by atoms with E-state index in [1.807, 2.05) is 12.1 Å². The summed E-state index contributed by atoms with van der Waals surface area (Å²) in [5, 5.41) is 14.3. The second kappa shape index (κ2) is 9.76. The summed E-state index contributed by atoms with van der Waals surface area (Å²) in [4.78, 5) is 34.3. The Morgan fingerprint density at radius 3 is 2.85 bits per heavy atom. The lowest BCUT2D eigenvalue weighted by atomic mass is 10.0. The predicted molar refractivity (Wildman–Crippen MR) is 94.2 cm³/mol. The minimum Gasteiger partial charge on any atom is -0.494 e. The number of methoxy groups -OCH3 is 1. The maximum Gasteiger partial charge on any atom is 0.326 e. The highest BCUT2D eigenvalue weighted by Gasteiger charge is 2.19. The van der Waals surface area contributed by atoms with Crippen LogP contribution in [0.3, 0.4) is 0 Å². The maximum atomic E-state index is 11.8. The van der Waals surface area contributed by atoms with Gasteiger partial charge in [0.2, 0.25) is 11.8 Å². The highest BCUT2D eigenvalue weighted by atomic mass is 16.5. The molecule has 0 aliphatic carbocycles. The first kappa shape index (κ1) is 19.7. The number of carboxylic acids is 1. The third-order valence-corrected chi connectivity index (χ3v) is 4.03. The summed E-state index contributed by atoms with van der Waals surface area (Å²) in [6.45, 7) is 0.605. The van der Waals surface area contributed by atoms with E-state index in [2.05, 4.69) is 10.6 Å². The average Bonchev–Trinajstić information content (AvgIpc) is 2.62. The van der Waals surface area contributed by atoms with E-state index in [4.69, 9.17) is 14.6 Å². The zero-order chi connectivity index (χ0) is 18.9. The standard InChI is InChI=1S/C18H24N2O6/c1-25-10-8-15(18(23)24)20-16(21)3-2-9-26-13-5-6-14-12(11-13)4-7-17(22)19-14/h5-6,11,15H,2-4,7-10H2,1H3,(H,19,22)(H,20,21)(H,23,24). The lowest BCUT2D eigenvalue weighted by Crippen LogP contribution is -2.41. The Morgan fingerprint density at radius 2 is 2.12 bits per heavy atom. The zero-order valence-corrected chi connectivity index (χ0v) is 14.7. The molecule has 142 valence electrons. The van der Waals surface area contributed by atoms with Gasteiger partial charge in [-0.25, -0.2) is 4.79 Å². The summed E-state index contributed by atoms with van der Waals surface area (Å²) < 4.78 is 10.5. The van der Waals surface area contributed by atoms with Crippen molar-refractivity contribution >= 4 is 23.5 Å². The monoisotopic (exact) mass is 364 g/mol. The fourth-order valence-corrected chi connectivity index (χ4v) is 2.63. The highest BCUT2D eigenvalue weighted by molar-refractivity contribution is 5.94. The number of aryl methyl sites for hydroxylation is 1. The van der Waals surface area contributed by atoms with E-state index in [9.17, 15) is 14.4 Å². The topological polar surface area (TPSA) is 114 Å². The van der Waals surface area contributed by atoms with Crippen LogP contribution in [-0.2, 0) is 25.5 Å². The molecule has 1 aliphatic heterocycles. The van der Waals surface area contributed by atoms with Gasteiger partial charge >= 0.3 is 5.97 Å². The van der Waals surface area contributed by atoms with Gasteiger partial charge in [0.05, 0.1) is 6.61 Å². The summed E-state index contributed by atoms with van der Waals surface area (Å²) in [5.41, 5.74) is 1.84. The molecule has 1 aromatic carbocycles. The second-order valence-corrected chi connectivity index (χ2v) is 6.06. The number of fused-ring (bicyclic) bond motifs is 1. The van der Waals surface area contributed by atoms with E-state index in [1.54, 1.807) is 6.07 Å². The van der Waals surface area contributed by atoms with Crippen LogP contribution in [0.25, 0.3) is 0 Å². The van der Waals surface area contributed by atoms with Gasteiger partial charge < -0.3 is 25.2 Å². The van der Waals surface area contributed by atoms with Gasteiger partial charge in [-0.05, 0) is 36.6 Å². The van der Waals surface area contributed by atoms with Crippen LogP contribution in [0.4, 0.5) is 5.69 Å². The molecule has 1 aliphatic rings. The third-order valence-electron chi connectivity index (χ3n) is 4.03. The molecule has 3 N–H and O–H groups in total. The molecular weight excluding hydrogens is 340 g/mol. The second-order valence-electron chi connectivity index (χ2n) is 6.06. The Kier molecular flexibility index (Phi) is 7.40. The van der Waals surface area contributed by atoms with Crippen LogP contribution in [0.2, 0.25) is 0 Å². The van der Waals surface area contributed by atoms with Crippen LogP contribution in [0.5, 0.6) is 5.75 Å². The molecule has 1 atom stereocenters. The molecule has 0 aromatic heterocycles. The number of aliphatic carboxylic acids is 1. The molecule has 2 amide bonds. The molecular formula is C18H24N2O6. The lowest BCUT2D eigenvalue weighted by molar-refractivity contribution is -0.142. The van der Waals surface area contributed by atoms with Crippen molar-refractivity contribution in [2.45, 2.75) is 38.1 Å². The van der Waals surface area contributed by atoms with Gasteiger partial charge in [0.1, 0.15) is 11.8 Å². The van der Waals surface area contributed by atoms with Crippen molar-refractivity contribution in [1.82, 2.24) is 5.32 Å². The number of hydrogen-bond donors (Lipinski definition) is 3. The first-order chi connectivity index (χ1) is 12.5. The zero-order valence-electron chi connectivity index (χ0n) is 14.7. The Balaban J connectivity index is 1.72. The number of carboxylic acid groups (broad SMARTS) is 1. The van der Waals surface area contributed by atoms with Crippen LogP contribution in [0.15, 0.2) is 18.2 Å². The number of benzene rings is 1. The Hall–Kier alpha value is -2.61. The van der Waals surface area contributed by atoms with Gasteiger partial charge in [0, 0.05) is 38.7 Å². The Labute approximate surface area is 151 Å². The van der Waals surface area contributed by atoms with E-state index in [1.165, 1.54) is 7.11 Å². The summed E-state index contributed by atoms with van der Waals surface area (Å²) in [6.07, 6.45) is 2.01. The predicted octanol–water partition coefficient (Wildman–Crippen LogP) is 1.34. The smallest absolute Gasteiger partial charge is 0.326 e. The van der Waals surface area contributed by atoms with Gasteiger partial charge in [-0.2, -0.15) is 0 Å². The van der Waals surface area contributed by atoms with Crippen molar-refractivity contribution in [2.75, 3.05) is 25.6 Å². The van der Waals surface area contributed by atoms with Crippen LogP contribution >= 0.6 is 0 Å². The first-order valence-electron chi connectivity index (χ1n) is 8.56. The van der Waals surface area contributed by atoms with Gasteiger partial charge in [0.15, 0.2) is 0 Å². The number of ether oxygens (including phenoxy) is 2. The van der Waals surface area contributed by atoms with E-state index >= 15 is 0 Å². The fourth-order valence-electron chi connectivity index (χ4n) is 2.63. The normalized spacial score (nSPS) is 14.1. The van der Waals surface area contributed by atoms with Crippen molar-refractivity contribution in [3.05, 3.63) is 23.8 Å². The average molecular weight is 364 g/mol. The molecule has 8 nitrogen and oxygen atoms in total. The number of anilines is 1.